The molecule has 0 saturated carbocycles. The zero-order valence-corrected chi connectivity index (χ0v) is 12.7. The Bertz CT molecular complexity index is 561. The van der Waals surface area contributed by atoms with Crippen LogP contribution < -0.4 is 5.73 Å². The minimum atomic E-state index is -1.10. The van der Waals surface area contributed by atoms with Gasteiger partial charge < -0.3 is 10.8 Å². The highest BCUT2D eigenvalue weighted by molar-refractivity contribution is 9.10. The van der Waals surface area contributed by atoms with Crippen molar-refractivity contribution >= 4 is 27.5 Å². The summed E-state index contributed by atoms with van der Waals surface area (Å²) in [4.78, 5) is 0. The molecule has 2 aromatic rings. The summed E-state index contributed by atoms with van der Waals surface area (Å²) in [5, 5.41) is 11.4. The summed E-state index contributed by atoms with van der Waals surface area (Å²) >= 11 is 9.56. The average Bonchev–Trinajstić information content (AvgIpc) is 2.43. The van der Waals surface area contributed by atoms with Crippen LogP contribution in [0.1, 0.15) is 11.1 Å². The Labute approximate surface area is 126 Å². The Hall–Kier alpha value is -0.870. The molecule has 0 amide bonds. The SMILES string of the molecule is NCC(O)(Cc1ccc(Br)cc1Cl)c1ccccc1. The molecule has 0 aliphatic heterocycles. The number of rotatable bonds is 4. The van der Waals surface area contributed by atoms with Gasteiger partial charge in [0.1, 0.15) is 5.60 Å². The highest BCUT2D eigenvalue weighted by Gasteiger charge is 2.28. The first-order valence-corrected chi connectivity index (χ1v) is 7.14. The number of benzene rings is 2. The fourth-order valence-corrected chi connectivity index (χ4v) is 2.76. The van der Waals surface area contributed by atoms with Gasteiger partial charge in [0.05, 0.1) is 0 Å². The maximum absolute atomic E-state index is 10.7. The van der Waals surface area contributed by atoms with E-state index in [4.69, 9.17) is 17.3 Å². The van der Waals surface area contributed by atoms with Crippen molar-refractivity contribution in [3.63, 3.8) is 0 Å². The minimum Gasteiger partial charge on any atom is -0.383 e. The third kappa shape index (κ3) is 3.37. The molecule has 0 saturated heterocycles. The lowest BCUT2D eigenvalue weighted by atomic mass is 9.87. The minimum absolute atomic E-state index is 0.142. The summed E-state index contributed by atoms with van der Waals surface area (Å²) in [5.74, 6) is 0. The lowest BCUT2D eigenvalue weighted by molar-refractivity contribution is 0.0463. The van der Waals surface area contributed by atoms with Gasteiger partial charge in [-0.1, -0.05) is 63.9 Å². The van der Waals surface area contributed by atoms with E-state index in [1.165, 1.54) is 0 Å². The van der Waals surface area contributed by atoms with Gasteiger partial charge in [-0.3, -0.25) is 0 Å². The summed E-state index contributed by atoms with van der Waals surface area (Å²) in [6.45, 7) is 0.142. The highest BCUT2D eigenvalue weighted by atomic mass is 79.9. The predicted molar refractivity (Wildman–Crippen MR) is 82.2 cm³/mol. The highest BCUT2D eigenvalue weighted by Crippen LogP contribution is 2.29. The van der Waals surface area contributed by atoms with Crippen LogP contribution in [0, 0.1) is 0 Å². The number of halogens is 2. The molecule has 0 spiro atoms. The van der Waals surface area contributed by atoms with Crippen molar-refractivity contribution in [1.29, 1.82) is 0 Å². The van der Waals surface area contributed by atoms with Gasteiger partial charge in [0.15, 0.2) is 0 Å². The van der Waals surface area contributed by atoms with Crippen molar-refractivity contribution in [2.75, 3.05) is 6.54 Å². The largest absolute Gasteiger partial charge is 0.383 e. The summed E-state index contributed by atoms with van der Waals surface area (Å²) < 4.78 is 0.914. The van der Waals surface area contributed by atoms with Crippen LogP contribution in [-0.2, 0) is 12.0 Å². The van der Waals surface area contributed by atoms with Gasteiger partial charge in [0.25, 0.3) is 0 Å². The first-order chi connectivity index (χ1) is 9.05. The van der Waals surface area contributed by atoms with E-state index in [-0.39, 0.29) is 6.54 Å². The molecule has 0 aromatic heterocycles. The topological polar surface area (TPSA) is 46.2 Å². The Morgan fingerprint density at radius 1 is 1.16 bits per heavy atom. The Balaban J connectivity index is 2.33. The normalized spacial score (nSPS) is 14.1. The first-order valence-electron chi connectivity index (χ1n) is 5.97. The molecule has 0 radical (unpaired) electrons. The van der Waals surface area contributed by atoms with E-state index in [0.29, 0.717) is 11.4 Å². The van der Waals surface area contributed by atoms with Gasteiger partial charge in [-0.25, -0.2) is 0 Å². The Morgan fingerprint density at radius 2 is 1.84 bits per heavy atom. The molecule has 1 atom stereocenters. The number of hydrogen-bond acceptors (Lipinski definition) is 2. The van der Waals surface area contributed by atoms with E-state index in [1.807, 2.05) is 48.5 Å². The quantitative estimate of drug-likeness (QED) is 0.895. The van der Waals surface area contributed by atoms with Crippen LogP contribution in [0.2, 0.25) is 5.02 Å². The molecule has 0 heterocycles. The maximum Gasteiger partial charge on any atom is 0.106 e. The van der Waals surface area contributed by atoms with Crippen LogP contribution in [0.5, 0.6) is 0 Å². The summed E-state index contributed by atoms with van der Waals surface area (Å²) in [6, 6.07) is 15.1. The molecule has 0 aliphatic carbocycles. The van der Waals surface area contributed by atoms with Gasteiger partial charge in [-0.05, 0) is 23.3 Å². The number of nitrogens with two attached hydrogens (primary N) is 1. The molecule has 2 aromatic carbocycles. The van der Waals surface area contributed by atoms with E-state index in [0.717, 1.165) is 15.6 Å². The molecule has 0 bridgehead atoms. The van der Waals surface area contributed by atoms with E-state index >= 15 is 0 Å². The van der Waals surface area contributed by atoms with Gasteiger partial charge in [0, 0.05) is 22.5 Å². The Kier molecular flexibility index (Phi) is 4.63. The molecule has 0 fully saturated rings. The van der Waals surface area contributed by atoms with Gasteiger partial charge in [0.2, 0.25) is 0 Å². The second kappa shape index (κ2) is 6.06. The fourth-order valence-electron chi connectivity index (χ4n) is 2.02. The zero-order chi connectivity index (χ0) is 13.9. The fraction of sp³-hybridized carbons (Fsp3) is 0.200. The van der Waals surface area contributed by atoms with Crippen LogP contribution in [0.4, 0.5) is 0 Å². The average molecular weight is 341 g/mol. The molecule has 100 valence electrons. The van der Waals surface area contributed by atoms with Gasteiger partial charge in [-0.2, -0.15) is 0 Å². The summed E-state index contributed by atoms with van der Waals surface area (Å²) in [5.41, 5.74) is 6.34. The third-order valence-corrected chi connectivity index (χ3v) is 3.99. The van der Waals surface area contributed by atoms with Crippen LogP contribution in [0.3, 0.4) is 0 Å². The molecule has 3 N–H and O–H groups in total. The van der Waals surface area contributed by atoms with Crippen molar-refractivity contribution in [3.05, 3.63) is 69.2 Å². The second-order valence-electron chi connectivity index (χ2n) is 4.51. The predicted octanol–water partition coefficient (Wildman–Crippen LogP) is 3.49. The first kappa shape index (κ1) is 14.5. The third-order valence-electron chi connectivity index (χ3n) is 3.15. The summed E-state index contributed by atoms with van der Waals surface area (Å²) in [7, 11) is 0. The Morgan fingerprint density at radius 3 is 2.42 bits per heavy atom. The maximum atomic E-state index is 10.7. The van der Waals surface area contributed by atoms with Crippen molar-refractivity contribution in [2.45, 2.75) is 12.0 Å². The lowest BCUT2D eigenvalue weighted by Gasteiger charge is -2.27. The molecular weight excluding hydrogens is 326 g/mol. The van der Waals surface area contributed by atoms with Crippen molar-refractivity contribution < 1.29 is 5.11 Å². The van der Waals surface area contributed by atoms with Gasteiger partial charge in [-0.15, -0.1) is 0 Å². The van der Waals surface area contributed by atoms with E-state index in [9.17, 15) is 5.11 Å². The van der Waals surface area contributed by atoms with Crippen LogP contribution in [0.15, 0.2) is 53.0 Å². The molecule has 0 aliphatic rings. The van der Waals surface area contributed by atoms with E-state index < -0.39 is 5.60 Å². The zero-order valence-electron chi connectivity index (χ0n) is 10.3. The molecule has 2 rings (SSSR count). The molecular formula is C15H15BrClNO. The van der Waals surface area contributed by atoms with Crippen molar-refractivity contribution in [2.24, 2.45) is 5.73 Å². The lowest BCUT2D eigenvalue weighted by Crippen LogP contribution is -2.37. The van der Waals surface area contributed by atoms with Crippen LogP contribution >= 0.6 is 27.5 Å². The second-order valence-corrected chi connectivity index (χ2v) is 5.84. The summed E-state index contributed by atoms with van der Waals surface area (Å²) in [6.07, 6.45) is 0.389. The van der Waals surface area contributed by atoms with E-state index in [2.05, 4.69) is 15.9 Å². The standard InChI is InChI=1S/C15H15BrClNO/c16-13-7-6-11(14(17)8-13)9-15(19,10-18)12-4-2-1-3-5-12/h1-8,19H,9-10,18H2. The van der Waals surface area contributed by atoms with Gasteiger partial charge >= 0.3 is 0 Å². The van der Waals surface area contributed by atoms with Crippen LogP contribution in [0.25, 0.3) is 0 Å². The van der Waals surface area contributed by atoms with Crippen LogP contribution in [-0.4, -0.2) is 11.7 Å². The van der Waals surface area contributed by atoms with E-state index in [1.54, 1.807) is 0 Å². The molecule has 19 heavy (non-hydrogen) atoms. The smallest absolute Gasteiger partial charge is 0.106 e. The van der Waals surface area contributed by atoms with Crippen molar-refractivity contribution in [3.8, 4) is 0 Å². The molecule has 4 heteroatoms. The van der Waals surface area contributed by atoms with Crippen molar-refractivity contribution in [1.82, 2.24) is 0 Å². The molecule has 1 unspecified atom stereocenters. The monoisotopic (exact) mass is 339 g/mol. The number of hydrogen-bond donors (Lipinski definition) is 2. The molecule has 2 nitrogen and oxygen atoms in total. The number of aliphatic hydroxyl groups is 1.